The summed E-state index contributed by atoms with van der Waals surface area (Å²) in [5.74, 6) is -0.663. The maximum atomic E-state index is 13.3. The molecule has 0 unspecified atom stereocenters. The summed E-state index contributed by atoms with van der Waals surface area (Å²) >= 11 is 0. The lowest BCUT2D eigenvalue weighted by Gasteiger charge is -2.18. The lowest BCUT2D eigenvalue weighted by molar-refractivity contribution is 0.0993. The Labute approximate surface area is 121 Å². The third kappa shape index (κ3) is 2.98. The predicted octanol–water partition coefficient (Wildman–Crippen LogP) is 2.41. The summed E-state index contributed by atoms with van der Waals surface area (Å²) in [5.41, 5.74) is 1.25. The number of pyridine rings is 1. The Hall–Kier alpha value is -2.94. The Morgan fingerprint density at radius 1 is 1.38 bits per heavy atom. The van der Waals surface area contributed by atoms with E-state index in [0.717, 1.165) is 12.3 Å². The number of hydrogen-bond acceptors (Lipinski definition) is 4. The van der Waals surface area contributed by atoms with Crippen molar-refractivity contribution in [2.45, 2.75) is 0 Å². The Balaban J connectivity index is 2.34. The summed E-state index contributed by atoms with van der Waals surface area (Å²) in [5, 5.41) is 11.5. The van der Waals surface area contributed by atoms with Crippen molar-refractivity contribution in [3.63, 3.8) is 0 Å². The van der Waals surface area contributed by atoms with Crippen LogP contribution in [0.5, 0.6) is 0 Å². The standard InChI is InChI=1S/C15H13FN4O/c1-18-14-13(7-11(16)9-19-14)15(21)20(2)12-5-3-10(8-17)4-6-12/h3-7,9H,1-2H3,(H,18,19). The second kappa shape index (κ2) is 6.01. The number of carbonyl (C=O) groups is 1. The molecule has 0 spiro atoms. The first kappa shape index (κ1) is 14.5. The Morgan fingerprint density at radius 3 is 2.62 bits per heavy atom. The van der Waals surface area contributed by atoms with Crippen LogP contribution in [0.15, 0.2) is 36.5 Å². The average molecular weight is 284 g/mol. The maximum absolute atomic E-state index is 13.3. The second-order valence-electron chi connectivity index (χ2n) is 4.32. The van der Waals surface area contributed by atoms with Crippen LogP contribution in [0.1, 0.15) is 15.9 Å². The molecule has 21 heavy (non-hydrogen) atoms. The van der Waals surface area contributed by atoms with Gasteiger partial charge in [-0.2, -0.15) is 5.26 Å². The number of hydrogen-bond donors (Lipinski definition) is 1. The van der Waals surface area contributed by atoms with Gasteiger partial charge in [0.15, 0.2) is 0 Å². The number of benzene rings is 1. The molecule has 1 amide bonds. The molecule has 0 saturated carbocycles. The van der Waals surface area contributed by atoms with Crippen LogP contribution < -0.4 is 10.2 Å². The van der Waals surface area contributed by atoms with Gasteiger partial charge >= 0.3 is 0 Å². The fourth-order valence-electron chi connectivity index (χ4n) is 1.86. The van der Waals surface area contributed by atoms with E-state index < -0.39 is 11.7 Å². The van der Waals surface area contributed by atoms with Crippen molar-refractivity contribution in [1.82, 2.24) is 4.98 Å². The van der Waals surface area contributed by atoms with E-state index in [1.807, 2.05) is 6.07 Å². The quantitative estimate of drug-likeness (QED) is 0.939. The van der Waals surface area contributed by atoms with E-state index in [1.165, 1.54) is 4.90 Å². The molecule has 0 saturated heterocycles. The van der Waals surface area contributed by atoms with Crippen LogP contribution in [0.3, 0.4) is 0 Å². The number of rotatable bonds is 3. The highest BCUT2D eigenvalue weighted by Gasteiger charge is 2.18. The zero-order valence-electron chi connectivity index (χ0n) is 11.6. The van der Waals surface area contributed by atoms with Gasteiger partial charge in [-0.1, -0.05) is 0 Å². The molecule has 6 heteroatoms. The minimum absolute atomic E-state index is 0.143. The fraction of sp³-hybridized carbons (Fsp3) is 0.133. The number of anilines is 2. The lowest BCUT2D eigenvalue weighted by atomic mass is 10.2. The molecule has 0 aliphatic carbocycles. The Kier molecular flexibility index (Phi) is 4.14. The van der Waals surface area contributed by atoms with Crippen LogP contribution in [-0.4, -0.2) is 25.0 Å². The molecule has 0 aliphatic heterocycles. The van der Waals surface area contributed by atoms with Crippen molar-refractivity contribution >= 4 is 17.4 Å². The van der Waals surface area contributed by atoms with Gasteiger partial charge in [0.1, 0.15) is 11.6 Å². The van der Waals surface area contributed by atoms with E-state index in [-0.39, 0.29) is 5.56 Å². The molecular weight excluding hydrogens is 271 g/mol. The second-order valence-corrected chi connectivity index (χ2v) is 4.32. The van der Waals surface area contributed by atoms with Crippen LogP contribution in [0.25, 0.3) is 0 Å². The molecule has 1 aromatic carbocycles. The molecule has 0 bridgehead atoms. The third-order valence-corrected chi connectivity index (χ3v) is 3.01. The highest BCUT2D eigenvalue weighted by molar-refractivity contribution is 6.08. The van der Waals surface area contributed by atoms with Crippen molar-refractivity contribution < 1.29 is 9.18 Å². The van der Waals surface area contributed by atoms with Crippen molar-refractivity contribution in [2.24, 2.45) is 0 Å². The minimum atomic E-state index is -0.578. The van der Waals surface area contributed by atoms with Gasteiger partial charge in [-0.25, -0.2) is 9.37 Å². The Morgan fingerprint density at radius 2 is 2.05 bits per heavy atom. The molecular formula is C15H13FN4O. The van der Waals surface area contributed by atoms with Crippen molar-refractivity contribution in [1.29, 1.82) is 5.26 Å². The molecule has 0 aliphatic rings. The summed E-state index contributed by atoms with van der Waals surface area (Å²) in [4.78, 5) is 17.7. The van der Waals surface area contributed by atoms with E-state index in [9.17, 15) is 9.18 Å². The first-order chi connectivity index (χ1) is 10.1. The van der Waals surface area contributed by atoms with Crippen LogP contribution in [0.4, 0.5) is 15.9 Å². The van der Waals surface area contributed by atoms with Gasteiger partial charge in [0.2, 0.25) is 0 Å². The van der Waals surface area contributed by atoms with Crippen molar-refractivity contribution in [3.8, 4) is 6.07 Å². The number of halogens is 1. The molecule has 1 N–H and O–H groups in total. The molecule has 0 atom stereocenters. The van der Waals surface area contributed by atoms with Gasteiger partial charge in [0.05, 0.1) is 23.4 Å². The highest BCUT2D eigenvalue weighted by Crippen LogP contribution is 2.20. The number of amides is 1. The first-order valence-corrected chi connectivity index (χ1v) is 6.18. The van der Waals surface area contributed by atoms with E-state index in [2.05, 4.69) is 10.3 Å². The monoisotopic (exact) mass is 284 g/mol. The van der Waals surface area contributed by atoms with Crippen LogP contribution >= 0.6 is 0 Å². The third-order valence-electron chi connectivity index (χ3n) is 3.01. The predicted molar refractivity (Wildman–Crippen MR) is 77.6 cm³/mol. The molecule has 2 aromatic rings. The van der Waals surface area contributed by atoms with Crippen LogP contribution in [0, 0.1) is 17.1 Å². The SMILES string of the molecule is CNc1ncc(F)cc1C(=O)N(C)c1ccc(C#N)cc1. The Bertz CT molecular complexity index is 707. The van der Waals surface area contributed by atoms with Crippen LogP contribution in [-0.2, 0) is 0 Å². The summed E-state index contributed by atoms with van der Waals surface area (Å²) in [6, 6.07) is 9.68. The van der Waals surface area contributed by atoms with E-state index in [0.29, 0.717) is 17.1 Å². The zero-order valence-corrected chi connectivity index (χ0v) is 11.6. The number of nitrogens with zero attached hydrogens (tertiary/aromatic N) is 3. The summed E-state index contributed by atoms with van der Waals surface area (Å²) in [6.07, 6.45) is 1.05. The number of nitriles is 1. The summed E-state index contributed by atoms with van der Waals surface area (Å²) in [6.45, 7) is 0. The van der Waals surface area contributed by atoms with Gasteiger partial charge in [0, 0.05) is 19.8 Å². The molecule has 1 aromatic heterocycles. The fourth-order valence-corrected chi connectivity index (χ4v) is 1.86. The normalized spacial score (nSPS) is 9.81. The van der Waals surface area contributed by atoms with Crippen molar-refractivity contribution in [3.05, 3.63) is 53.5 Å². The minimum Gasteiger partial charge on any atom is -0.372 e. The number of aromatic nitrogens is 1. The summed E-state index contributed by atoms with van der Waals surface area (Å²) in [7, 11) is 3.19. The maximum Gasteiger partial charge on any atom is 0.261 e. The zero-order chi connectivity index (χ0) is 15.4. The van der Waals surface area contributed by atoms with Gasteiger partial charge in [-0.3, -0.25) is 4.79 Å². The average Bonchev–Trinajstić information content (AvgIpc) is 2.53. The molecule has 5 nitrogen and oxygen atoms in total. The topological polar surface area (TPSA) is 69.0 Å². The van der Waals surface area contributed by atoms with E-state index >= 15 is 0 Å². The molecule has 0 fully saturated rings. The largest absolute Gasteiger partial charge is 0.372 e. The molecule has 0 radical (unpaired) electrons. The van der Waals surface area contributed by atoms with Gasteiger partial charge in [0.25, 0.3) is 5.91 Å². The number of carbonyl (C=O) groups excluding carboxylic acids is 1. The van der Waals surface area contributed by atoms with Gasteiger partial charge in [-0.05, 0) is 30.3 Å². The van der Waals surface area contributed by atoms with E-state index in [4.69, 9.17) is 5.26 Å². The molecule has 106 valence electrons. The first-order valence-electron chi connectivity index (χ1n) is 6.18. The summed E-state index contributed by atoms with van der Waals surface area (Å²) < 4.78 is 13.3. The van der Waals surface area contributed by atoms with E-state index in [1.54, 1.807) is 38.4 Å². The smallest absolute Gasteiger partial charge is 0.261 e. The van der Waals surface area contributed by atoms with Gasteiger partial charge < -0.3 is 10.2 Å². The lowest BCUT2D eigenvalue weighted by Crippen LogP contribution is -2.27. The molecule has 1 heterocycles. The van der Waals surface area contributed by atoms with Gasteiger partial charge in [-0.15, -0.1) is 0 Å². The van der Waals surface area contributed by atoms with Crippen LogP contribution in [0.2, 0.25) is 0 Å². The molecule has 2 rings (SSSR count). The highest BCUT2D eigenvalue weighted by atomic mass is 19.1. The number of nitrogens with one attached hydrogen (secondary N) is 1. The van der Waals surface area contributed by atoms with Crippen molar-refractivity contribution in [2.75, 3.05) is 24.3 Å².